The molecule has 0 aliphatic carbocycles. The third kappa shape index (κ3) is 5.01. The predicted octanol–water partition coefficient (Wildman–Crippen LogP) is 1.05. The molecule has 0 spiro atoms. The van der Waals surface area contributed by atoms with Crippen LogP contribution in [0, 0.1) is 11.8 Å². The number of carboxylic acid groups (broad SMARTS) is 1. The molecule has 0 saturated carbocycles. The largest absolute Gasteiger partial charge is 0.480 e. The summed E-state index contributed by atoms with van der Waals surface area (Å²) in [5, 5.41) is 9.03. The maximum atomic E-state index is 12.7. The van der Waals surface area contributed by atoms with E-state index in [4.69, 9.17) is 5.11 Å². The predicted molar refractivity (Wildman–Crippen MR) is 94.8 cm³/mol. The van der Waals surface area contributed by atoms with E-state index in [0.717, 1.165) is 0 Å². The van der Waals surface area contributed by atoms with Crippen LogP contribution in [-0.2, 0) is 19.6 Å². The maximum absolute atomic E-state index is 12.7. The first kappa shape index (κ1) is 20.3. The minimum absolute atomic E-state index is 0.136. The summed E-state index contributed by atoms with van der Waals surface area (Å²) in [5.74, 6) is -1.45. The number of aliphatic carboxylic acids is 1. The molecular weight excluding hydrogens is 358 g/mol. The van der Waals surface area contributed by atoms with Crippen LogP contribution in [0.1, 0.15) is 26.7 Å². The van der Waals surface area contributed by atoms with Gasteiger partial charge in [-0.15, -0.1) is 0 Å². The molecule has 0 radical (unpaired) electrons. The van der Waals surface area contributed by atoms with Crippen molar-refractivity contribution in [3.8, 4) is 0 Å². The fourth-order valence-electron chi connectivity index (χ4n) is 3.09. The minimum Gasteiger partial charge on any atom is -0.480 e. The molecule has 2 rings (SSSR count). The number of hydrogen-bond acceptors (Lipinski definition) is 5. The van der Waals surface area contributed by atoms with Crippen molar-refractivity contribution in [2.75, 3.05) is 26.2 Å². The van der Waals surface area contributed by atoms with Gasteiger partial charge in [-0.1, -0.05) is 13.8 Å². The highest BCUT2D eigenvalue weighted by atomic mass is 32.2. The monoisotopic (exact) mass is 383 g/mol. The number of aromatic nitrogens is 1. The van der Waals surface area contributed by atoms with E-state index < -0.39 is 16.0 Å². The lowest BCUT2D eigenvalue weighted by molar-refractivity contribution is -0.147. The van der Waals surface area contributed by atoms with Crippen molar-refractivity contribution in [3.63, 3.8) is 0 Å². The molecular formula is C17H25N3O5S. The van der Waals surface area contributed by atoms with E-state index in [1.165, 1.54) is 27.7 Å². The number of hydrogen-bond donors (Lipinski definition) is 1. The van der Waals surface area contributed by atoms with Crippen molar-refractivity contribution in [3.05, 3.63) is 24.5 Å². The van der Waals surface area contributed by atoms with Gasteiger partial charge in [0.2, 0.25) is 15.9 Å². The van der Waals surface area contributed by atoms with E-state index >= 15 is 0 Å². The van der Waals surface area contributed by atoms with E-state index in [-0.39, 0.29) is 42.3 Å². The molecule has 1 saturated heterocycles. The third-order valence-electron chi connectivity index (χ3n) is 4.30. The average molecular weight is 383 g/mol. The summed E-state index contributed by atoms with van der Waals surface area (Å²) in [5.41, 5.74) is 0. The zero-order valence-corrected chi connectivity index (χ0v) is 15.9. The molecule has 0 atom stereocenters. The summed E-state index contributed by atoms with van der Waals surface area (Å²) in [6, 6.07) is 3.07. The van der Waals surface area contributed by atoms with Crippen LogP contribution in [0.25, 0.3) is 0 Å². The number of amides is 1. The highest BCUT2D eigenvalue weighted by molar-refractivity contribution is 7.89. The Bertz CT molecular complexity index is 728. The molecule has 144 valence electrons. The second-order valence-corrected chi connectivity index (χ2v) is 8.81. The fourth-order valence-corrected chi connectivity index (χ4v) is 4.52. The molecule has 26 heavy (non-hydrogen) atoms. The number of piperidine rings is 1. The smallest absolute Gasteiger partial charge is 0.323 e. The second kappa shape index (κ2) is 8.59. The Balaban J connectivity index is 2.02. The Morgan fingerprint density at radius 1 is 1.35 bits per heavy atom. The van der Waals surface area contributed by atoms with Crippen molar-refractivity contribution in [2.24, 2.45) is 11.8 Å². The van der Waals surface area contributed by atoms with Crippen molar-refractivity contribution < 1.29 is 23.1 Å². The van der Waals surface area contributed by atoms with Crippen LogP contribution in [0.2, 0.25) is 0 Å². The molecule has 0 unspecified atom stereocenters. The summed E-state index contributed by atoms with van der Waals surface area (Å²) in [6.45, 7) is 4.35. The Labute approximate surface area is 153 Å². The van der Waals surface area contributed by atoms with Crippen LogP contribution in [0.5, 0.6) is 0 Å². The number of carbonyl (C=O) groups excluding carboxylic acids is 1. The van der Waals surface area contributed by atoms with Gasteiger partial charge in [0.1, 0.15) is 11.4 Å². The van der Waals surface area contributed by atoms with Gasteiger partial charge in [-0.25, -0.2) is 8.42 Å². The highest BCUT2D eigenvalue weighted by Crippen LogP contribution is 2.25. The van der Waals surface area contributed by atoms with E-state index in [1.807, 2.05) is 13.8 Å². The van der Waals surface area contributed by atoms with Gasteiger partial charge >= 0.3 is 5.97 Å². The van der Waals surface area contributed by atoms with E-state index in [0.29, 0.717) is 19.4 Å². The lowest BCUT2D eigenvalue weighted by Gasteiger charge is -2.33. The molecule has 2 heterocycles. The van der Waals surface area contributed by atoms with Crippen LogP contribution in [0.3, 0.4) is 0 Å². The van der Waals surface area contributed by atoms with E-state index in [2.05, 4.69) is 4.98 Å². The number of carboxylic acids is 1. The van der Waals surface area contributed by atoms with Crippen LogP contribution < -0.4 is 0 Å². The molecule has 1 aromatic rings. The van der Waals surface area contributed by atoms with Gasteiger partial charge in [-0.3, -0.25) is 14.6 Å². The summed E-state index contributed by atoms with van der Waals surface area (Å²) in [7, 11) is -3.62. The molecule has 9 heteroatoms. The highest BCUT2D eigenvalue weighted by Gasteiger charge is 2.34. The van der Waals surface area contributed by atoms with Crippen molar-refractivity contribution >= 4 is 21.9 Å². The molecule has 1 aromatic heterocycles. The van der Waals surface area contributed by atoms with Crippen LogP contribution in [0.4, 0.5) is 0 Å². The molecule has 8 nitrogen and oxygen atoms in total. The number of pyridine rings is 1. The molecule has 1 amide bonds. The summed E-state index contributed by atoms with van der Waals surface area (Å²) in [6.07, 6.45) is 3.58. The van der Waals surface area contributed by atoms with Crippen LogP contribution in [-0.4, -0.2) is 65.8 Å². The maximum Gasteiger partial charge on any atom is 0.323 e. The van der Waals surface area contributed by atoms with Gasteiger partial charge < -0.3 is 10.0 Å². The van der Waals surface area contributed by atoms with E-state index in [9.17, 15) is 18.0 Å². The Morgan fingerprint density at radius 3 is 2.50 bits per heavy atom. The Hall–Kier alpha value is -2.00. The second-order valence-electron chi connectivity index (χ2n) is 6.87. The lowest BCUT2D eigenvalue weighted by atomic mass is 9.96. The summed E-state index contributed by atoms with van der Waals surface area (Å²) < 4.78 is 26.6. The van der Waals surface area contributed by atoms with Gasteiger partial charge in [0.15, 0.2) is 0 Å². The van der Waals surface area contributed by atoms with Crippen LogP contribution >= 0.6 is 0 Å². The van der Waals surface area contributed by atoms with Gasteiger partial charge in [0, 0.05) is 37.9 Å². The van der Waals surface area contributed by atoms with Crippen LogP contribution in [0.15, 0.2) is 29.4 Å². The lowest BCUT2D eigenvalue weighted by Crippen LogP contribution is -2.46. The van der Waals surface area contributed by atoms with Crippen molar-refractivity contribution in [1.82, 2.24) is 14.2 Å². The van der Waals surface area contributed by atoms with Gasteiger partial charge in [0.05, 0.1) is 0 Å². The van der Waals surface area contributed by atoms with Crippen molar-refractivity contribution in [1.29, 1.82) is 0 Å². The zero-order valence-electron chi connectivity index (χ0n) is 15.0. The summed E-state index contributed by atoms with van der Waals surface area (Å²) >= 11 is 0. The molecule has 0 bridgehead atoms. The number of rotatable bonds is 7. The third-order valence-corrected chi connectivity index (χ3v) is 6.18. The first-order valence-electron chi connectivity index (χ1n) is 8.62. The molecule has 1 N–H and O–H groups in total. The average Bonchev–Trinajstić information content (AvgIpc) is 2.60. The molecule has 0 aromatic carbocycles. The summed E-state index contributed by atoms with van der Waals surface area (Å²) in [4.78, 5) is 29.1. The normalized spacial score (nSPS) is 16.6. The van der Waals surface area contributed by atoms with Gasteiger partial charge in [-0.2, -0.15) is 4.31 Å². The molecule has 1 aliphatic rings. The zero-order chi connectivity index (χ0) is 19.3. The topological polar surface area (TPSA) is 108 Å². The first-order valence-corrected chi connectivity index (χ1v) is 10.1. The number of nitrogens with zero attached hydrogens (tertiary/aromatic N) is 3. The van der Waals surface area contributed by atoms with Gasteiger partial charge in [0.25, 0.3) is 0 Å². The Kier molecular flexibility index (Phi) is 6.71. The fraction of sp³-hybridized carbons (Fsp3) is 0.588. The molecule has 1 aliphatic heterocycles. The SMILES string of the molecule is CC(C)CN(CC(=O)O)C(=O)C1CCN(S(=O)(=O)c2cccnc2)CC1. The number of sulfonamides is 1. The molecule has 1 fully saturated rings. The number of carbonyl (C=O) groups is 2. The standard InChI is InChI=1S/C17H25N3O5S/c1-13(2)11-19(12-16(21)22)17(23)14-5-8-20(9-6-14)26(24,25)15-4-3-7-18-10-15/h3-4,7,10,13-14H,5-6,8-9,11-12H2,1-2H3,(H,21,22). The van der Waals surface area contributed by atoms with Crippen molar-refractivity contribution in [2.45, 2.75) is 31.6 Å². The Morgan fingerprint density at radius 2 is 2.00 bits per heavy atom. The van der Waals surface area contributed by atoms with E-state index in [1.54, 1.807) is 6.07 Å². The minimum atomic E-state index is -3.62. The first-order chi connectivity index (χ1) is 12.2. The van der Waals surface area contributed by atoms with Gasteiger partial charge in [-0.05, 0) is 30.9 Å². The quantitative estimate of drug-likeness (QED) is 0.754.